The largest absolute Gasteiger partial charge is 0.396 e. The second-order valence-electron chi connectivity index (χ2n) is 3.88. The van der Waals surface area contributed by atoms with Crippen LogP contribution in [0.4, 0.5) is 0 Å². The van der Waals surface area contributed by atoms with Gasteiger partial charge in [0.15, 0.2) is 0 Å². The smallest absolute Gasteiger partial charge is 0.110 e. The summed E-state index contributed by atoms with van der Waals surface area (Å²) in [5, 5.41) is 17.7. The van der Waals surface area contributed by atoms with Gasteiger partial charge in [0.1, 0.15) is 10.9 Å². The molecule has 0 amide bonds. The molecule has 13 heavy (non-hydrogen) atoms. The highest BCUT2D eigenvalue weighted by atomic mass is 32.1. The Balaban J connectivity index is 2.70. The van der Waals surface area contributed by atoms with Gasteiger partial charge < -0.3 is 5.11 Å². The summed E-state index contributed by atoms with van der Waals surface area (Å²) in [4.78, 5) is 1.90. The van der Waals surface area contributed by atoms with E-state index in [9.17, 15) is 0 Å². The van der Waals surface area contributed by atoms with Crippen molar-refractivity contribution < 1.29 is 5.11 Å². The number of hydrogen-bond donors (Lipinski definition) is 1. The first-order chi connectivity index (χ1) is 6.07. The van der Waals surface area contributed by atoms with Gasteiger partial charge in [0, 0.05) is 11.5 Å². The molecular weight excluding hydrogens is 182 g/mol. The minimum Gasteiger partial charge on any atom is -0.396 e. The van der Waals surface area contributed by atoms with Gasteiger partial charge in [-0.1, -0.05) is 13.8 Å². The summed E-state index contributed by atoms with van der Waals surface area (Å²) in [6, 6.07) is 5.89. The molecule has 0 aliphatic rings. The Morgan fingerprint density at radius 3 is 2.69 bits per heavy atom. The highest BCUT2D eigenvalue weighted by Crippen LogP contribution is 2.25. The quantitative estimate of drug-likeness (QED) is 0.803. The van der Waals surface area contributed by atoms with Gasteiger partial charge >= 0.3 is 0 Å². The number of thiophene rings is 1. The van der Waals surface area contributed by atoms with Crippen molar-refractivity contribution in [2.45, 2.75) is 20.3 Å². The van der Waals surface area contributed by atoms with Crippen LogP contribution in [-0.4, -0.2) is 11.7 Å². The lowest BCUT2D eigenvalue weighted by atomic mass is 9.90. The molecule has 70 valence electrons. The van der Waals surface area contributed by atoms with E-state index in [0.29, 0.717) is 0 Å². The third kappa shape index (κ3) is 2.83. The average molecular weight is 195 g/mol. The number of hydrogen-bond acceptors (Lipinski definition) is 3. The van der Waals surface area contributed by atoms with Gasteiger partial charge in [-0.25, -0.2) is 0 Å². The van der Waals surface area contributed by atoms with E-state index in [1.807, 2.05) is 26.0 Å². The van der Waals surface area contributed by atoms with Gasteiger partial charge in [-0.15, -0.1) is 11.3 Å². The summed E-state index contributed by atoms with van der Waals surface area (Å²) in [5.41, 5.74) is -0.0857. The standard InChI is InChI=1S/C10H13NOS/c1-10(2,7-12)5-8-3-4-9(6-11)13-8/h3-4,12H,5,7H2,1-2H3. The molecule has 0 saturated carbocycles. The van der Waals surface area contributed by atoms with E-state index < -0.39 is 0 Å². The maximum absolute atomic E-state index is 9.06. The Morgan fingerprint density at radius 2 is 2.23 bits per heavy atom. The fourth-order valence-corrected chi connectivity index (χ4v) is 2.12. The molecule has 1 aromatic rings. The molecule has 0 fully saturated rings. The van der Waals surface area contributed by atoms with Crippen LogP contribution in [0.3, 0.4) is 0 Å². The minimum absolute atomic E-state index is 0.0857. The molecule has 2 nitrogen and oxygen atoms in total. The van der Waals surface area contributed by atoms with Crippen molar-refractivity contribution in [3.05, 3.63) is 21.9 Å². The van der Waals surface area contributed by atoms with Gasteiger partial charge in [0.25, 0.3) is 0 Å². The Labute approximate surface area is 82.4 Å². The molecule has 1 rings (SSSR count). The van der Waals surface area contributed by atoms with Crippen LogP contribution >= 0.6 is 11.3 Å². The molecule has 1 N–H and O–H groups in total. The lowest BCUT2D eigenvalue weighted by Crippen LogP contribution is -2.18. The molecule has 0 bridgehead atoms. The second-order valence-corrected chi connectivity index (χ2v) is 5.05. The van der Waals surface area contributed by atoms with Crippen LogP contribution in [0.5, 0.6) is 0 Å². The van der Waals surface area contributed by atoms with E-state index in [2.05, 4.69) is 6.07 Å². The maximum atomic E-state index is 9.06. The van der Waals surface area contributed by atoms with Gasteiger partial charge in [0.2, 0.25) is 0 Å². The van der Waals surface area contributed by atoms with Crippen LogP contribution in [0.2, 0.25) is 0 Å². The molecule has 0 radical (unpaired) electrons. The Morgan fingerprint density at radius 1 is 1.54 bits per heavy atom. The Kier molecular flexibility index (Phi) is 3.07. The van der Waals surface area contributed by atoms with E-state index in [-0.39, 0.29) is 12.0 Å². The van der Waals surface area contributed by atoms with Crippen molar-refractivity contribution in [1.29, 1.82) is 5.26 Å². The molecule has 3 heteroatoms. The third-order valence-corrected chi connectivity index (χ3v) is 2.84. The molecule has 0 spiro atoms. The Bertz CT molecular complexity index is 322. The summed E-state index contributed by atoms with van der Waals surface area (Å²) < 4.78 is 0. The molecule has 0 aromatic carbocycles. The number of aliphatic hydroxyl groups is 1. The van der Waals surface area contributed by atoms with Gasteiger partial charge in [-0.05, 0) is 24.0 Å². The van der Waals surface area contributed by atoms with Crippen molar-refractivity contribution in [1.82, 2.24) is 0 Å². The maximum Gasteiger partial charge on any atom is 0.110 e. The molecule has 1 aromatic heterocycles. The lowest BCUT2D eigenvalue weighted by molar-refractivity contribution is 0.160. The number of aliphatic hydroxyl groups excluding tert-OH is 1. The molecule has 0 aliphatic carbocycles. The van der Waals surface area contributed by atoms with Gasteiger partial charge in [0.05, 0.1) is 0 Å². The van der Waals surface area contributed by atoms with Crippen LogP contribution in [0.25, 0.3) is 0 Å². The highest BCUT2D eigenvalue weighted by molar-refractivity contribution is 7.12. The summed E-state index contributed by atoms with van der Waals surface area (Å²) in [7, 11) is 0. The molecular formula is C10H13NOS. The summed E-state index contributed by atoms with van der Waals surface area (Å²) >= 11 is 1.50. The van der Waals surface area contributed by atoms with Gasteiger partial charge in [-0.3, -0.25) is 0 Å². The molecule has 0 aliphatic heterocycles. The lowest BCUT2D eigenvalue weighted by Gasteiger charge is -2.19. The van der Waals surface area contributed by atoms with Crippen molar-refractivity contribution in [3.8, 4) is 6.07 Å². The van der Waals surface area contributed by atoms with Crippen molar-refractivity contribution >= 4 is 11.3 Å². The predicted molar refractivity (Wildman–Crippen MR) is 53.6 cm³/mol. The first-order valence-electron chi connectivity index (χ1n) is 4.17. The molecule has 1 heterocycles. The van der Waals surface area contributed by atoms with E-state index in [1.54, 1.807) is 0 Å². The monoisotopic (exact) mass is 195 g/mol. The summed E-state index contributed by atoms with van der Waals surface area (Å²) in [6.07, 6.45) is 0.829. The first-order valence-corrected chi connectivity index (χ1v) is 4.99. The second kappa shape index (κ2) is 3.91. The zero-order chi connectivity index (χ0) is 9.90. The van der Waals surface area contributed by atoms with Crippen LogP contribution in [0.1, 0.15) is 23.6 Å². The van der Waals surface area contributed by atoms with Crippen LogP contribution in [0.15, 0.2) is 12.1 Å². The van der Waals surface area contributed by atoms with E-state index in [1.165, 1.54) is 11.3 Å². The van der Waals surface area contributed by atoms with Crippen molar-refractivity contribution in [2.24, 2.45) is 5.41 Å². The number of nitriles is 1. The third-order valence-electron chi connectivity index (χ3n) is 1.85. The van der Waals surface area contributed by atoms with E-state index in [0.717, 1.165) is 16.2 Å². The minimum atomic E-state index is -0.0857. The van der Waals surface area contributed by atoms with Crippen molar-refractivity contribution in [3.63, 3.8) is 0 Å². The van der Waals surface area contributed by atoms with Gasteiger partial charge in [-0.2, -0.15) is 5.26 Å². The van der Waals surface area contributed by atoms with Crippen LogP contribution in [-0.2, 0) is 6.42 Å². The number of rotatable bonds is 3. The molecule has 0 saturated heterocycles. The van der Waals surface area contributed by atoms with E-state index >= 15 is 0 Å². The zero-order valence-corrected chi connectivity index (χ0v) is 8.69. The Hall–Kier alpha value is -0.850. The normalized spacial score (nSPS) is 11.2. The molecule has 0 unspecified atom stereocenters. The van der Waals surface area contributed by atoms with Crippen LogP contribution in [0, 0.1) is 16.7 Å². The molecule has 0 atom stereocenters. The van der Waals surface area contributed by atoms with E-state index in [4.69, 9.17) is 10.4 Å². The topological polar surface area (TPSA) is 44.0 Å². The van der Waals surface area contributed by atoms with Crippen molar-refractivity contribution in [2.75, 3.05) is 6.61 Å². The predicted octanol–water partition coefficient (Wildman–Crippen LogP) is 2.18. The SMILES string of the molecule is CC(C)(CO)Cc1ccc(C#N)s1. The fraction of sp³-hybridized carbons (Fsp3) is 0.500. The average Bonchev–Trinajstić information content (AvgIpc) is 2.52. The number of nitrogens with zero attached hydrogens (tertiary/aromatic N) is 1. The summed E-state index contributed by atoms with van der Waals surface area (Å²) in [5.74, 6) is 0. The first kappa shape index (κ1) is 10.2. The highest BCUT2D eigenvalue weighted by Gasteiger charge is 2.17. The summed E-state index contributed by atoms with van der Waals surface area (Å²) in [6.45, 7) is 4.20. The van der Waals surface area contributed by atoms with Crippen LogP contribution < -0.4 is 0 Å². The zero-order valence-electron chi connectivity index (χ0n) is 7.87. The fourth-order valence-electron chi connectivity index (χ4n) is 1.06.